The molecule has 2 amide bonds. The molecule has 2 fully saturated rings. The van der Waals surface area contributed by atoms with Crippen LogP contribution in [0.4, 0.5) is 10.6 Å². The van der Waals surface area contributed by atoms with Crippen LogP contribution in [-0.2, 0) is 4.74 Å². The number of nitrogens with one attached hydrogen (secondary N) is 3. The molecule has 9 nitrogen and oxygen atoms in total. The van der Waals surface area contributed by atoms with Crippen LogP contribution in [-0.4, -0.2) is 45.8 Å². The monoisotopic (exact) mass is 523 g/mol. The molecule has 0 saturated heterocycles. The number of carbonyl (C=O) groups excluding carboxylic acids is 2. The Labute approximate surface area is 224 Å². The van der Waals surface area contributed by atoms with Gasteiger partial charge < -0.3 is 20.7 Å². The summed E-state index contributed by atoms with van der Waals surface area (Å²) < 4.78 is 7.08. The predicted octanol–water partition coefficient (Wildman–Crippen LogP) is 4.65. The fourth-order valence-electron chi connectivity index (χ4n) is 5.41. The van der Waals surface area contributed by atoms with E-state index in [-0.39, 0.29) is 35.6 Å². The molecule has 0 aliphatic heterocycles. The highest BCUT2D eigenvalue weighted by molar-refractivity contribution is 6.03. The maximum absolute atomic E-state index is 12.7. The van der Waals surface area contributed by atoms with Crippen LogP contribution in [0.1, 0.15) is 88.5 Å². The van der Waals surface area contributed by atoms with Crippen LogP contribution in [0.25, 0.3) is 0 Å². The molecular formula is C29H41N5O4. The van der Waals surface area contributed by atoms with Crippen molar-refractivity contribution >= 4 is 17.8 Å². The van der Waals surface area contributed by atoms with E-state index >= 15 is 0 Å². The number of nitrogens with zero attached hydrogens (tertiary/aromatic N) is 2. The molecule has 0 unspecified atom stereocenters. The van der Waals surface area contributed by atoms with Crippen molar-refractivity contribution in [2.45, 2.75) is 95.9 Å². The summed E-state index contributed by atoms with van der Waals surface area (Å²) >= 11 is 0. The van der Waals surface area contributed by atoms with Crippen LogP contribution in [0.2, 0.25) is 0 Å². The van der Waals surface area contributed by atoms with Gasteiger partial charge in [0, 0.05) is 29.9 Å². The Bertz CT molecular complexity index is 1130. The van der Waals surface area contributed by atoms with Crippen molar-refractivity contribution in [1.82, 2.24) is 20.2 Å². The van der Waals surface area contributed by atoms with Gasteiger partial charge in [-0.1, -0.05) is 18.2 Å². The minimum absolute atomic E-state index is 0.138. The fourth-order valence-corrected chi connectivity index (χ4v) is 5.41. The van der Waals surface area contributed by atoms with Gasteiger partial charge in [0.25, 0.3) is 5.91 Å². The Morgan fingerprint density at radius 1 is 0.947 bits per heavy atom. The van der Waals surface area contributed by atoms with Gasteiger partial charge in [0.1, 0.15) is 11.4 Å². The number of rotatable bonds is 7. The first-order chi connectivity index (χ1) is 18.2. The van der Waals surface area contributed by atoms with Crippen LogP contribution < -0.4 is 21.6 Å². The van der Waals surface area contributed by atoms with Gasteiger partial charge in [-0.15, -0.1) is 0 Å². The molecular weight excluding hydrogens is 482 g/mol. The molecule has 4 rings (SSSR count). The molecule has 0 radical (unpaired) electrons. The first-order valence-corrected chi connectivity index (χ1v) is 13.8. The van der Waals surface area contributed by atoms with Crippen LogP contribution in [0.15, 0.2) is 47.4 Å². The lowest BCUT2D eigenvalue weighted by molar-refractivity contribution is 0.0489. The Hall–Kier alpha value is -3.20. The van der Waals surface area contributed by atoms with Gasteiger partial charge >= 0.3 is 11.8 Å². The molecule has 2 aromatic rings. The standard InChI is InChI=1S/C29H41N5O4/c1-29(2,3)38-28(37)31-23-13-11-22(12-14-23)30-19-20-9-15-24(16-10-20)34-18-17-25(33-27(34)36)32-26(35)21-7-5-4-6-8-21/h4-8,17-18,20,22-24,30H,9-16,19H2,1-3H3,(H,31,37)(H,32,33,35,36)/t20-,22-,23-,24-. The molecule has 2 aliphatic rings. The topological polar surface area (TPSA) is 114 Å². The number of hydrogen-bond donors (Lipinski definition) is 3. The molecule has 1 heterocycles. The summed E-state index contributed by atoms with van der Waals surface area (Å²) in [6.45, 7) is 6.61. The van der Waals surface area contributed by atoms with Gasteiger partial charge in [0.05, 0.1) is 0 Å². The number of benzene rings is 1. The third kappa shape index (κ3) is 8.15. The zero-order chi connectivity index (χ0) is 27.1. The maximum atomic E-state index is 12.7. The second-order valence-corrected chi connectivity index (χ2v) is 11.6. The normalized spacial score (nSPS) is 23.9. The molecule has 0 atom stereocenters. The quantitative estimate of drug-likeness (QED) is 0.487. The van der Waals surface area contributed by atoms with Crippen LogP contribution in [0.3, 0.4) is 0 Å². The van der Waals surface area contributed by atoms with E-state index in [4.69, 9.17) is 4.74 Å². The first-order valence-electron chi connectivity index (χ1n) is 13.8. The van der Waals surface area contributed by atoms with E-state index < -0.39 is 5.60 Å². The van der Waals surface area contributed by atoms with Gasteiger partial charge in [-0.25, -0.2) is 9.59 Å². The number of alkyl carbamates (subject to hydrolysis) is 1. The lowest BCUT2D eigenvalue weighted by Crippen LogP contribution is -2.44. The van der Waals surface area contributed by atoms with Gasteiger partial charge in [-0.05, 0) is 103 Å². The van der Waals surface area contributed by atoms with Crippen molar-refractivity contribution in [2.75, 3.05) is 11.9 Å². The van der Waals surface area contributed by atoms with Gasteiger partial charge in [-0.2, -0.15) is 4.98 Å². The summed E-state index contributed by atoms with van der Waals surface area (Å²) in [6, 6.07) is 11.4. The SMILES string of the molecule is CC(C)(C)OC(=O)N[C@H]1CC[C@H](NC[C@H]2CC[C@H](n3ccc(NC(=O)c4ccccc4)nc3=O)CC2)CC1. The molecule has 206 valence electrons. The minimum Gasteiger partial charge on any atom is -0.444 e. The molecule has 1 aromatic heterocycles. The highest BCUT2D eigenvalue weighted by atomic mass is 16.6. The van der Waals surface area contributed by atoms with Crippen LogP contribution in [0, 0.1) is 5.92 Å². The first kappa shape index (κ1) is 27.8. The van der Waals surface area contributed by atoms with E-state index in [0.29, 0.717) is 17.5 Å². The lowest BCUT2D eigenvalue weighted by Gasteiger charge is -2.33. The smallest absolute Gasteiger partial charge is 0.407 e. The van der Waals surface area contributed by atoms with E-state index in [1.165, 1.54) is 0 Å². The predicted molar refractivity (Wildman–Crippen MR) is 147 cm³/mol. The fraction of sp³-hybridized carbons (Fsp3) is 0.586. The zero-order valence-electron chi connectivity index (χ0n) is 22.7. The van der Waals surface area contributed by atoms with Crippen molar-refractivity contribution in [2.24, 2.45) is 5.92 Å². The molecule has 0 spiro atoms. The molecule has 0 bridgehead atoms. The second-order valence-electron chi connectivity index (χ2n) is 11.6. The van der Waals surface area contributed by atoms with Crippen molar-refractivity contribution < 1.29 is 14.3 Å². The average molecular weight is 524 g/mol. The number of anilines is 1. The van der Waals surface area contributed by atoms with Crippen molar-refractivity contribution in [3.8, 4) is 0 Å². The highest BCUT2D eigenvalue weighted by Crippen LogP contribution is 2.31. The van der Waals surface area contributed by atoms with Crippen LogP contribution in [0.5, 0.6) is 0 Å². The van der Waals surface area contributed by atoms with E-state index in [0.717, 1.165) is 57.9 Å². The minimum atomic E-state index is -0.476. The number of amides is 2. The summed E-state index contributed by atoms with van der Waals surface area (Å²) in [5, 5.41) is 9.45. The summed E-state index contributed by atoms with van der Waals surface area (Å²) in [5.41, 5.74) is -0.277. The molecule has 2 aliphatic carbocycles. The lowest BCUT2D eigenvalue weighted by atomic mass is 9.85. The zero-order valence-corrected chi connectivity index (χ0v) is 22.7. The third-order valence-electron chi connectivity index (χ3n) is 7.46. The van der Waals surface area contributed by atoms with E-state index in [1.54, 1.807) is 41.1 Å². The highest BCUT2D eigenvalue weighted by Gasteiger charge is 2.27. The third-order valence-corrected chi connectivity index (χ3v) is 7.46. The maximum Gasteiger partial charge on any atom is 0.407 e. The molecule has 3 N–H and O–H groups in total. The number of aromatic nitrogens is 2. The van der Waals surface area contributed by atoms with Gasteiger partial charge in [0.2, 0.25) is 0 Å². The van der Waals surface area contributed by atoms with Gasteiger partial charge in [-0.3, -0.25) is 9.36 Å². The summed E-state index contributed by atoms with van der Waals surface area (Å²) in [7, 11) is 0. The Morgan fingerprint density at radius 2 is 1.61 bits per heavy atom. The number of hydrogen-bond acceptors (Lipinski definition) is 6. The van der Waals surface area contributed by atoms with Crippen molar-refractivity contribution in [3.63, 3.8) is 0 Å². The number of carbonyl (C=O) groups is 2. The van der Waals surface area contributed by atoms with Crippen LogP contribution >= 0.6 is 0 Å². The largest absolute Gasteiger partial charge is 0.444 e. The molecule has 38 heavy (non-hydrogen) atoms. The average Bonchev–Trinajstić information content (AvgIpc) is 2.88. The van der Waals surface area contributed by atoms with Crippen molar-refractivity contribution in [1.29, 1.82) is 0 Å². The van der Waals surface area contributed by atoms with Gasteiger partial charge in [0.15, 0.2) is 0 Å². The van der Waals surface area contributed by atoms with Crippen molar-refractivity contribution in [3.05, 3.63) is 58.6 Å². The number of ether oxygens (including phenoxy) is 1. The Kier molecular flexibility index (Phi) is 9.20. The van der Waals surface area contributed by atoms with E-state index in [9.17, 15) is 14.4 Å². The Balaban J connectivity index is 1.17. The summed E-state index contributed by atoms with van der Waals surface area (Å²) in [4.78, 5) is 41.1. The van der Waals surface area contributed by atoms with E-state index in [2.05, 4.69) is 20.9 Å². The molecule has 2 saturated carbocycles. The van der Waals surface area contributed by atoms with E-state index in [1.807, 2.05) is 26.8 Å². The molecule has 1 aromatic carbocycles. The summed E-state index contributed by atoms with van der Waals surface area (Å²) in [6.07, 6.45) is 9.44. The molecule has 9 heteroatoms. The Morgan fingerprint density at radius 3 is 2.24 bits per heavy atom. The summed E-state index contributed by atoms with van der Waals surface area (Å²) in [5.74, 6) is 0.585. The second kappa shape index (κ2) is 12.6.